The lowest BCUT2D eigenvalue weighted by Gasteiger charge is -2.18. The SMILES string of the molecule is CCc1cc(C(=O)c2ccccc2Cl)c(-n2ccnc2CN(CC)CC)s1. The van der Waals surface area contributed by atoms with Gasteiger partial charge in [-0.05, 0) is 37.7 Å². The Morgan fingerprint density at radius 2 is 1.93 bits per heavy atom. The number of rotatable bonds is 8. The van der Waals surface area contributed by atoms with E-state index in [1.54, 1.807) is 29.7 Å². The number of thiophene rings is 1. The van der Waals surface area contributed by atoms with Gasteiger partial charge in [0, 0.05) is 22.8 Å². The summed E-state index contributed by atoms with van der Waals surface area (Å²) >= 11 is 7.92. The lowest BCUT2D eigenvalue weighted by molar-refractivity contribution is 0.103. The Bertz CT molecular complexity index is 927. The fourth-order valence-electron chi connectivity index (χ4n) is 3.02. The van der Waals surface area contributed by atoms with E-state index >= 15 is 0 Å². The predicted octanol–water partition coefficient (Wildman–Crippen LogP) is 5.22. The Labute approximate surface area is 169 Å². The number of halogens is 1. The Balaban J connectivity index is 2.05. The molecule has 3 aromatic rings. The van der Waals surface area contributed by atoms with Crippen molar-refractivity contribution in [2.75, 3.05) is 13.1 Å². The van der Waals surface area contributed by atoms with Crippen LogP contribution in [0, 0.1) is 0 Å². The summed E-state index contributed by atoms with van der Waals surface area (Å²) in [6.07, 6.45) is 4.62. The number of carbonyl (C=O) groups excluding carboxylic acids is 1. The van der Waals surface area contributed by atoms with E-state index in [1.807, 2.05) is 29.0 Å². The lowest BCUT2D eigenvalue weighted by atomic mass is 10.0. The zero-order valence-corrected chi connectivity index (χ0v) is 17.5. The van der Waals surface area contributed by atoms with E-state index in [0.717, 1.165) is 36.9 Å². The Morgan fingerprint density at radius 3 is 2.59 bits per heavy atom. The summed E-state index contributed by atoms with van der Waals surface area (Å²) in [5.41, 5.74) is 1.22. The van der Waals surface area contributed by atoms with Crippen molar-refractivity contribution in [1.29, 1.82) is 0 Å². The average molecular weight is 402 g/mol. The molecule has 0 spiro atoms. The van der Waals surface area contributed by atoms with Crippen molar-refractivity contribution in [3.8, 4) is 5.00 Å². The molecule has 0 atom stereocenters. The molecule has 0 bridgehead atoms. The van der Waals surface area contributed by atoms with Crippen LogP contribution in [0.25, 0.3) is 5.00 Å². The summed E-state index contributed by atoms with van der Waals surface area (Å²) in [5.74, 6) is 0.894. The molecule has 6 heteroatoms. The molecule has 27 heavy (non-hydrogen) atoms. The zero-order chi connectivity index (χ0) is 19.4. The molecule has 2 heterocycles. The quantitative estimate of drug-likeness (QED) is 0.485. The van der Waals surface area contributed by atoms with E-state index in [-0.39, 0.29) is 5.78 Å². The van der Waals surface area contributed by atoms with Gasteiger partial charge in [-0.15, -0.1) is 11.3 Å². The monoisotopic (exact) mass is 401 g/mol. The number of benzene rings is 1. The Morgan fingerprint density at radius 1 is 1.19 bits per heavy atom. The summed E-state index contributed by atoms with van der Waals surface area (Å²) in [6.45, 7) is 9.05. The Hall–Kier alpha value is -1.95. The van der Waals surface area contributed by atoms with Crippen LogP contribution in [0.3, 0.4) is 0 Å². The van der Waals surface area contributed by atoms with Gasteiger partial charge in [0.1, 0.15) is 10.8 Å². The number of aromatic nitrogens is 2. The number of carbonyl (C=O) groups is 1. The Kier molecular flexibility index (Phi) is 6.47. The van der Waals surface area contributed by atoms with Gasteiger partial charge in [-0.25, -0.2) is 4.98 Å². The molecule has 0 aliphatic rings. The highest BCUT2D eigenvalue weighted by molar-refractivity contribution is 7.15. The number of aryl methyl sites for hydroxylation is 1. The first-order valence-corrected chi connectivity index (χ1v) is 10.4. The minimum absolute atomic E-state index is 0.0472. The smallest absolute Gasteiger partial charge is 0.197 e. The van der Waals surface area contributed by atoms with Crippen molar-refractivity contribution in [2.24, 2.45) is 0 Å². The maximum atomic E-state index is 13.2. The zero-order valence-electron chi connectivity index (χ0n) is 15.9. The first kappa shape index (κ1) is 19.8. The van der Waals surface area contributed by atoms with Gasteiger partial charge < -0.3 is 0 Å². The van der Waals surface area contributed by atoms with Gasteiger partial charge in [-0.3, -0.25) is 14.3 Å². The molecule has 0 saturated carbocycles. The fourth-order valence-corrected chi connectivity index (χ4v) is 4.34. The van der Waals surface area contributed by atoms with Crippen LogP contribution >= 0.6 is 22.9 Å². The van der Waals surface area contributed by atoms with Crippen LogP contribution in [0.15, 0.2) is 42.7 Å². The normalized spacial score (nSPS) is 11.3. The highest BCUT2D eigenvalue weighted by Crippen LogP contribution is 2.31. The minimum Gasteiger partial charge on any atom is -0.297 e. The second-order valence-electron chi connectivity index (χ2n) is 6.27. The van der Waals surface area contributed by atoms with Crippen LogP contribution in [0.1, 0.15) is 47.4 Å². The molecule has 0 aliphatic heterocycles. The molecule has 0 saturated heterocycles. The van der Waals surface area contributed by atoms with E-state index in [4.69, 9.17) is 11.6 Å². The van der Waals surface area contributed by atoms with Crippen LogP contribution < -0.4 is 0 Å². The molecule has 0 aliphatic carbocycles. The van der Waals surface area contributed by atoms with Crippen molar-refractivity contribution in [1.82, 2.24) is 14.5 Å². The molecule has 142 valence electrons. The molecule has 4 nitrogen and oxygen atoms in total. The van der Waals surface area contributed by atoms with Crippen LogP contribution in [-0.4, -0.2) is 33.3 Å². The minimum atomic E-state index is -0.0472. The maximum Gasteiger partial charge on any atom is 0.197 e. The third-order valence-electron chi connectivity index (χ3n) is 4.67. The highest BCUT2D eigenvalue weighted by atomic mass is 35.5. The molecule has 0 amide bonds. The predicted molar refractivity (Wildman–Crippen MR) is 112 cm³/mol. The van der Waals surface area contributed by atoms with E-state index in [2.05, 4.69) is 30.7 Å². The summed E-state index contributed by atoms with van der Waals surface area (Å²) in [4.78, 5) is 21.3. The van der Waals surface area contributed by atoms with Gasteiger partial charge in [0.15, 0.2) is 5.78 Å². The topological polar surface area (TPSA) is 38.1 Å². The number of hydrogen-bond donors (Lipinski definition) is 0. The molecule has 3 rings (SSSR count). The first-order chi connectivity index (χ1) is 13.1. The number of ketones is 1. The van der Waals surface area contributed by atoms with Gasteiger partial charge in [-0.2, -0.15) is 0 Å². The number of nitrogens with zero attached hydrogens (tertiary/aromatic N) is 3. The molecule has 0 unspecified atom stereocenters. The number of imidazole rings is 1. The van der Waals surface area contributed by atoms with E-state index in [0.29, 0.717) is 16.1 Å². The van der Waals surface area contributed by atoms with Crippen molar-refractivity contribution in [3.63, 3.8) is 0 Å². The van der Waals surface area contributed by atoms with Crippen LogP contribution in [0.2, 0.25) is 5.02 Å². The fraction of sp³-hybridized carbons (Fsp3) is 0.333. The second-order valence-corrected chi connectivity index (χ2v) is 7.79. The second kappa shape index (κ2) is 8.83. The average Bonchev–Trinajstić information content (AvgIpc) is 3.32. The molecule has 0 fully saturated rings. The van der Waals surface area contributed by atoms with Crippen molar-refractivity contribution < 1.29 is 4.79 Å². The van der Waals surface area contributed by atoms with Crippen molar-refractivity contribution in [2.45, 2.75) is 33.7 Å². The van der Waals surface area contributed by atoms with Crippen LogP contribution in [0.5, 0.6) is 0 Å². The molecular weight excluding hydrogens is 378 g/mol. The van der Waals surface area contributed by atoms with Crippen molar-refractivity contribution >= 4 is 28.7 Å². The lowest BCUT2D eigenvalue weighted by Crippen LogP contribution is -2.24. The third kappa shape index (κ3) is 4.15. The highest BCUT2D eigenvalue weighted by Gasteiger charge is 2.22. The summed E-state index contributed by atoms with van der Waals surface area (Å²) in [6, 6.07) is 9.21. The van der Waals surface area contributed by atoms with E-state index in [9.17, 15) is 4.79 Å². The molecule has 0 radical (unpaired) electrons. The van der Waals surface area contributed by atoms with E-state index < -0.39 is 0 Å². The van der Waals surface area contributed by atoms with Crippen LogP contribution in [0.4, 0.5) is 0 Å². The van der Waals surface area contributed by atoms with E-state index in [1.165, 1.54) is 4.88 Å². The van der Waals surface area contributed by atoms with Gasteiger partial charge in [-0.1, -0.05) is 44.5 Å². The maximum absolute atomic E-state index is 13.2. The molecular formula is C21H24ClN3OS. The molecule has 2 aromatic heterocycles. The summed E-state index contributed by atoms with van der Waals surface area (Å²) in [7, 11) is 0. The van der Waals surface area contributed by atoms with Gasteiger partial charge >= 0.3 is 0 Å². The third-order valence-corrected chi connectivity index (χ3v) is 6.28. The standard InChI is InChI=1S/C21H24ClN3OS/c1-4-15-13-17(20(26)16-9-7-8-10-18(16)22)21(27-15)25-12-11-23-19(25)14-24(5-2)6-3/h7-13H,4-6,14H2,1-3H3. The summed E-state index contributed by atoms with van der Waals surface area (Å²) < 4.78 is 2.05. The molecule has 0 N–H and O–H groups in total. The largest absolute Gasteiger partial charge is 0.297 e. The van der Waals surface area contributed by atoms with Gasteiger partial charge in [0.25, 0.3) is 0 Å². The number of hydrogen-bond acceptors (Lipinski definition) is 4. The van der Waals surface area contributed by atoms with Gasteiger partial charge in [0.2, 0.25) is 0 Å². The summed E-state index contributed by atoms with van der Waals surface area (Å²) in [5, 5.41) is 1.39. The van der Waals surface area contributed by atoms with Crippen LogP contribution in [-0.2, 0) is 13.0 Å². The van der Waals surface area contributed by atoms with Gasteiger partial charge in [0.05, 0.1) is 17.1 Å². The van der Waals surface area contributed by atoms with Crippen molar-refractivity contribution in [3.05, 3.63) is 69.6 Å². The first-order valence-electron chi connectivity index (χ1n) is 9.25. The molecule has 1 aromatic carbocycles.